The molecule has 66 valence electrons. The van der Waals surface area contributed by atoms with Gasteiger partial charge in [0.2, 0.25) is 0 Å². The van der Waals surface area contributed by atoms with Crippen molar-refractivity contribution in [2.75, 3.05) is 0 Å². The molecule has 0 spiro atoms. The normalized spacial score (nSPS) is 12.8. The summed E-state index contributed by atoms with van der Waals surface area (Å²) in [7, 11) is 0. The van der Waals surface area contributed by atoms with Gasteiger partial charge >= 0.3 is 5.97 Å². The summed E-state index contributed by atoms with van der Waals surface area (Å²) in [6.45, 7) is 1.60. The van der Waals surface area contributed by atoms with Crippen molar-refractivity contribution in [3.05, 3.63) is 17.5 Å². The van der Waals surface area contributed by atoms with Crippen molar-refractivity contribution >= 4 is 21.9 Å². The number of rotatable bonds is 3. The Bertz CT molecular complexity index is 284. The summed E-state index contributed by atoms with van der Waals surface area (Å²) in [4.78, 5) is 10.6. The van der Waals surface area contributed by atoms with E-state index in [1.165, 1.54) is 6.20 Å². The van der Waals surface area contributed by atoms with E-state index >= 15 is 0 Å². The molecular weight excluding hydrogens is 226 g/mol. The molecule has 12 heavy (non-hydrogen) atoms. The van der Waals surface area contributed by atoms with E-state index in [1.54, 1.807) is 6.92 Å². The third-order valence-corrected chi connectivity index (χ3v) is 2.14. The Morgan fingerprint density at radius 1 is 1.92 bits per heavy atom. The molecule has 0 aliphatic carbocycles. The Labute approximate surface area is 77.7 Å². The second kappa shape index (κ2) is 3.71. The van der Waals surface area contributed by atoms with Crippen LogP contribution in [-0.4, -0.2) is 16.2 Å². The summed E-state index contributed by atoms with van der Waals surface area (Å²) in [6, 6.07) is 0. The van der Waals surface area contributed by atoms with Gasteiger partial charge in [-0.15, -0.1) is 0 Å². The summed E-state index contributed by atoms with van der Waals surface area (Å²) < 4.78 is 4.82. The molecule has 1 atom stereocenters. The number of halogens is 1. The maximum absolute atomic E-state index is 10.6. The van der Waals surface area contributed by atoms with Gasteiger partial charge < -0.3 is 9.63 Å². The minimum absolute atomic E-state index is 0.486. The van der Waals surface area contributed by atoms with Crippen LogP contribution in [0, 0.1) is 0 Å². The molecule has 5 heteroatoms. The van der Waals surface area contributed by atoms with Gasteiger partial charge in [-0.05, 0) is 6.92 Å². The number of nitrogens with zero attached hydrogens (tertiary/aromatic N) is 1. The number of carbonyl (C=O) groups is 1. The van der Waals surface area contributed by atoms with Crippen LogP contribution >= 0.6 is 15.9 Å². The molecule has 1 aromatic rings. The summed E-state index contributed by atoms with van der Waals surface area (Å²) >= 11 is 3.18. The van der Waals surface area contributed by atoms with E-state index < -0.39 is 11.9 Å². The van der Waals surface area contributed by atoms with Crippen LogP contribution in [0.2, 0.25) is 0 Å². The molecule has 0 fully saturated rings. The van der Waals surface area contributed by atoms with Crippen molar-refractivity contribution in [3.63, 3.8) is 0 Å². The van der Waals surface area contributed by atoms with Crippen LogP contribution in [0.15, 0.2) is 10.7 Å². The Hall–Kier alpha value is -0.840. The van der Waals surface area contributed by atoms with E-state index in [4.69, 9.17) is 9.63 Å². The molecule has 1 N–H and O–H groups in total. The first-order valence-corrected chi connectivity index (χ1v) is 4.51. The maximum atomic E-state index is 10.6. The molecule has 0 bridgehead atoms. The average molecular weight is 234 g/mol. The Balaban J connectivity index is 2.93. The predicted octanol–water partition coefficient (Wildman–Crippen LogP) is 1.76. The monoisotopic (exact) mass is 233 g/mol. The lowest BCUT2D eigenvalue weighted by atomic mass is 10.0. The lowest BCUT2D eigenvalue weighted by Crippen LogP contribution is -2.07. The predicted molar refractivity (Wildman–Crippen MR) is 45.2 cm³/mol. The van der Waals surface area contributed by atoms with Crippen LogP contribution in [-0.2, 0) is 10.1 Å². The largest absolute Gasteiger partial charge is 0.481 e. The number of carboxylic acids is 1. The van der Waals surface area contributed by atoms with Gasteiger partial charge in [0.25, 0.3) is 0 Å². The molecule has 0 amide bonds. The van der Waals surface area contributed by atoms with E-state index in [2.05, 4.69) is 21.1 Å². The Morgan fingerprint density at radius 2 is 2.58 bits per heavy atom. The molecule has 1 aromatic heterocycles. The quantitative estimate of drug-likeness (QED) is 0.809. The molecule has 1 rings (SSSR count). The fourth-order valence-corrected chi connectivity index (χ4v) is 1.29. The third kappa shape index (κ3) is 1.66. The molecule has 4 nitrogen and oxygen atoms in total. The first-order chi connectivity index (χ1) is 5.66. The van der Waals surface area contributed by atoms with Crippen LogP contribution in [0.5, 0.6) is 0 Å². The second-order valence-corrected chi connectivity index (χ2v) is 2.96. The van der Waals surface area contributed by atoms with Crippen molar-refractivity contribution < 1.29 is 14.4 Å². The SMILES string of the molecule is CC(C(=O)O)c1cnoc1CBr. The van der Waals surface area contributed by atoms with Gasteiger partial charge in [0.15, 0.2) is 5.76 Å². The summed E-state index contributed by atoms with van der Waals surface area (Å²) in [6.07, 6.45) is 1.44. The molecule has 1 heterocycles. The minimum atomic E-state index is -0.875. The van der Waals surface area contributed by atoms with Crippen LogP contribution in [0.1, 0.15) is 24.2 Å². The number of aromatic nitrogens is 1. The van der Waals surface area contributed by atoms with Crippen molar-refractivity contribution in [1.29, 1.82) is 0 Å². The topological polar surface area (TPSA) is 63.3 Å². The van der Waals surface area contributed by atoms with Gasteiger partial charge in [-0.3, -0.25) is 4.79 Å². The molecule has 0 radical (unpaired) electrons. The van der Waals surface area contributed by atoms with Crippen LogP contribution in [0.3, 0.4) is 0 Å². The van der Waals surface area contributed by atoms with Gasteiger partial charge in [0, 0.05) is 5.56 Å². The van der Waals surface area contributed by atoms with Crippen molar-refractivity contribution in [1.82, 2.24) is 5.16 Å². The highest BCUT2D eigenvalue weighted by atomic mass is 79.9. The van der Waals surface area contributed by atoms with Crippen molar-refractivity contribution in [2.24, 2.45) is 0 Å². The first-order valence-electron chi connectivity index (χ1n) is 3.39. The molecular formula is C7H8BrNO3. The fourth-order valence-electron chi connectivity index (χ4n) is 0.859. The van der Waals surface area contributed by atoms with Gasteiger partial charge in [-0.2, -0.15) is 0 Å². The highest BCUT2D eigenvalue weighted by Crippen LogP contribution is 2.21. The number of aliphatic carboxylic acids is 1. The molecule has 0 aliphatic heterocycles. The number of hydrogen-bond donors (Lipinski definition) is 1. The van der Waals surface area contributed by atoms with E-state index in [-0.39, 0.29) is 0 Å². The average Bonchev–Trinajstić information content (AvgIpc) is 2.49. The molecule has 0 saturated carbocycles. The summed E-state index contributed by atoms with van der Waals surface area (Å²) in [5.41, 5.74) is 0.624. The smallest absolute Gasteiger partial charge is 0.310 e. The number of alkyl halides is 1. The minimum Gasteiger partial charge on any atom is -0.481 e. The first kappa shape index (κ1) is 9.25. The van der Waals surface area contributed by atoms with E-state index in [1.807, 2.05) is 0 Å². The van der Waals surface area contributed by atoms with Gasteiger partial charge in [0.05, 0.1) is 17.4 Å². The van der Waals surface area contributed by atoms with Crippen molar-refractivity contribution in [2.45, 2.75) is 18.2 Å². The van der Waals surface area contributed by atoms with Crippen molar-refractivity contribution in [3.8, 4) is 0 Å². The lowest BCUT2D eigenvalue weighted by Gasteiger charge is -2.02. The standard InChI is InChI=1S/C7H8BrNO3/c1-4(7(10)11)5-3-9-12-6(5)2-8/h3-4H,2H2,1H3,(H,10,11). The van der Waals surface area contributed by atoms with Gasteiger partial charge in [0.1, 0.15) is 0 Å². The molecule has 0 aliphatic rings. The molecule has 1 unspecified atom stereocenters. The highest BCUT2D eigenvalue weighted by Gasteiger charge is 2.19. The lowest BCUT2D eigenvalue weighted by molar-refractivity contribution is -0.138. The zero-order valence-corrected chi connectivity index (χ0v) is 8.04. The number of carboxylic acid groups (broad SMARTS) is 1. The molecule has 0 aromatic carbocycles. The van der Waals surface area contributed by atoms with E-state index in [0.717, 1.165) is 0 Å². The van der Waals surface area contributed by atoms with Crippen LogP contribution < -0.4 is 0 Å². The number of hydrogen-bond acceptors (Lipinski definition) is 3. The zero-order valence-electron chi connectivity index (χ0n) is 6.45. The van der Waals surface area contributed by atoms with Gasteiger partial charge in [-0.25, -0.2) is 0 Å². The molecule has 0 saturated heterocycles. The van der Waals surface area contributed by atoms with Crippen LogP contribution in [0.4, 0.5) is 0 Å². The fraction of sp³-hybridized carbons (Fsp3) is 0.429. The third-order valence-electron chi connectivity index (χ3n) is 1.63. The summed E-state index contributed by atoms with van der Waals surface area (Å²) in [5.74, 6) is -0.867. The van der Waals surface area contributed by atoms with Gasteiger partial charge in [-0.1, -0.05) is 21.1 Å². The maximum Gasteiger partial charge on any atom is 0.310 e. The second-order valence-electron chi connectivity index (χ2n) is 2.40. The Morgan fingerprint density at radius 3 is 3.08 bits per heavy atom. The zero-order chi connectivity index (χ0) is 9.14. The van der Waals surface area contributed by atoms with Crippen LogP contribution in [0.25, 0.3) is 0 Å². The van der Waals surface area contributed by atoms with E-state index in [9.17, 15) is 4.79 Å². The summed E-state index contributed by atoms with van der Waals surface area (Å²) in [5, 5.41) is 12.7. The highest BCUT2D eigenvalue weighted by molar-refractivity contribution is 9.08. The van der Waals surface area contributed by atoms with E-state index in [0.29, 0.717) is 16.7 Å². The Kier molecular flexibility index (Phi) is 2.86.